The summed E-state index contributed by atoms with van der Waals surface area (Å²) in [4.78, 5) is 31.2. The van der Waals surface area contributed by atoms with E-state index < -0.39 is 51.5 Å². The Morgan fingerprint density at radius 3 is 2.33 bits per heavy atom. The highest BCUT2D eigenvalue weighted by Gasteiger charge is 2.41. The molecule has 1 aromatic heterocycles. The molecular weight excluding hydrogens is 565 g/mol. The van der Waals surface area contributed by atoms with Gasteiger partial charge in [-0.3, -0.25) is 9.59 Å². The van der Waals surface area contributed by atoms with Crippen molar-refractivity contribution in [1.82, 2.24) is 14.5 Å². The van der Waals surface area contributed by atoms with Gasteiger partial charge in [0.1, 0.15) is 17.0 Å². The van der Waals surface area contributed by atoms with Crippen LogP contribution in [0, 0.1) is 5.82 Å². The first-order chi connectivity index (χ1) is 19.9. The summed E-state index contributed by atoms with van der Waals surface area (Å²) >= 11 is 0. The Balaban J connectivity index is 1.72. The minimum absolute atomic E-state index is 0.0832. The highest BCUT2D eigenvalue weighted by atomic mass is 32.2. The molecule has 2 aromatic carbocycles. The molecule has 0 spiro atoms. The smallest absolute Gasteiger partial charge is 0.305 e. The van der Waals surface area contributed by atoms with Crippen LogP contribution in [0.3, 0.4) is 0 Å². The number of rotatable bonds is 12. The molecule has 1 aliphatic heterocycles. The highest BCUT2D eigenvalue weighted by molar-refractivity contribution is 7.92. The molecule has 1 saturated heterocycles. The van der Waals surface area contributed by atoms with E-state index in [9.17, 15) is 32.6 Å². The van der Waals surface area contributed by atoms with Gasteiger partial charge in [0.15, 0.2) is 15.5 Å². The van der Waals surface area contributed by atoms with Gasteiger partial charge in [-0.1, -0.05) is 32.0 Å². The Labute approximate surface area is 244 Å². The van der Waals surface area contributed by atoms with E-state index in [1.54, 1.807) is 22.8 Å². The van der Waals surface area contributed by atoms with E-state index in [4.69, 9.17) is 5.11 Å². The number of hydrogen-bond acceptors (Lipinski definition) is 7. The molecule has 3 N–H and O–H groups in total. The van der Waals surface area contributed by atoms with Crippen molar-refractivity contribution in [2.45, 2.75) is 80.9 Å². The van der Waals surface area contributed by atoms with Gasteiger partial charge < -0.3 is 24.8 Å². The van der Waals surface area contributed by atoms with Crippen LogP contribution >= 0.6 is 0 Å². The first kappa shape index (κ1) is 31.3. The van der Waals surface area contributed by atoms with Crippen molar-refractivity contribution >= 4 is 21.7 Å². The second-order valence-electron chi connectivity index (χ2n) is 10.9. The molecule has 42 heavy (non-hydrogen) atoms. The summed E-state index contributed by atoms with van der Waals surface area (Å²) in [5.41, 5.74) is 1.13. The van der Waals surface area contributed by atoms with Crippen molar-refractivity contribution in [1.29, 1.82) is 0 Å². The maximum Gasteiger partial charge on any atom is 0.305 e. The molecule has 2 heterocycles. The topological polar surface area (TPSA) is 150 Å². The van der Waals surface area contributed by atoms with Crippen LogP contribution in [0.2, 0.25) is 0 Å². The lowest BCUT2D eigenvalue weighted by Gasteiger charge is -2.25. The fourth-order valence-electron chi connectivity index (χ4n) is 5.44. The number of imidazole rings is 1. The van der Waals surface area contributed by atoms with Crippen molar-refractivity contribution in [3.8, 4) is 11.4 Å². The number of amides is 1. The summed E-state index contributed by atoms with van der Waals surface area (Å²) in [7, 11) is -3.85. The van der Waals surface area contributed by atoms with Gasteiger partial charge in [0.2, 0.25) is 0 Å². The van der Waals surface area contributed by atoms with Gasteiger partial charge in [0.25, 0.3) is 5.91 Å². The van der Waals surface area contributed by atoms with Crippen LogP contribution in [-0.2, 0) is 21.2 Å². The molecule has 0 saturated carbocycles. The number of carbonyl (C=O) groups is 2. The molecule has 3 atom stereocenters. The quantitative estimate of drug-likeness (QED) is 0.284. The minimum atomic E-state index is -3.85. The van der Waals surface area contributed by atoms with E-state index in [1.807, 2.05) is 13.8 Å². The third-order valence-electron chi connectivity index (χ3n) is 7.39. The van der Waals surface area contributed by atoms with Gasteiger partial charge in [-0.15, -0.1) is 0 Å². The Morgan fingerprint density at radius 1 is 1.05 bits per heavy atom. The normalized spacial score (nSPS) is 17.0. The fraction of sp³-hybridized carbons (Fsp3) is 0.433. The number of carboxylic acid groups (broad SMARTS) is 1. The first-order valence-electron chi connectivity index (χ1n) is 13.9. The molecule has 1 unspecified atom stereocenters. The lowest BCUT2D eigenvalue weighted by molar-refractivity contribution is -0.139. The van der Waals surface area contributed by atoms with Crippen LogP contribution in [0.15, 0.2) is 59.5 Å². The molecule has 0 radical (unpaired) electrons. The summed E-state index contributed by atoms with van der Waals surface area (Å²) in [5.74, 6) is -2.05. The summed E-state index contributed by atoms with van der Waals surface area (Å²) in [6.45, 7) is 4.14. The molecule has 3 aromatic rings. The number of aliphatic hydroxyl groups is 2. The van der Waals surface area contributed by atoms with E-state index in [2.05, 4.69) is 4.98 Å². The second kappa shape index (κ2) is 13.1. The monoisotopic (exact) mass is 601 g/mol. The molecular formula is C30H36FN3O7S. The predicted octanol–water partition coefficient (Wildman–Crippen LogP) is 3.83. The van der Waals surface area contributed by atoms with Gasteiger partial charge in [-0.05, 0) is 68.0 Å². The number of carbonyl (C=O) groups excluding carboxylic acids is 1. The van der Waals surface area contributed by atoms with Crippen LogP contribution in [0.4, 0.5) is 4.39 Å². The second-order valence-corrected chi connectivity index (χ2v) is 13.0. The zero-order valence-electron chi connectivity index (χ0n) is 23.6. The van der Waals surface area contributed by atoms with Crippen molar-refractivity contribution in [3.63, 3.8) is 0 Å². The largest absolute Gasteiger partial charge is 0.481 e. The molecule has 1 fully saturated rings. The first-order valence-corrected chi connectivity index (χ1v) is 15.5. The van der Waals surface area contributed by atoms with Crippen LogP contribution in [0.1, 0.15) is 68.1 Å². The van der Waals surface area contributed by atoms with E-state index in [0.717, 1.165) is 0 Å². The number of sulfone groups is 1. The van der Waals surface area contributed by atoms with Crippen LogP contribution in [-0.4, -0.2) is 74.2 Å². The molecule has 12 heteroatoms. The number of aliphatic carboxylic acids is 1. The van der Waals surface area contributed by atoms with Gasteiger partial charge in [0.05, 0.1) is 29.2 Å². The molecule has 226 valence electrons. The maximum absolute atomic E-state index is 14.1. The summed E-state index contributed by atoms with van der Waals surface area (Å²) in [5, 5.41) is 28.4. The molecule has 4 rings (SSSR count). The van der Waals surface area contributed by atoms with Crippen LogP contribution in [0.25, 0.3) is 11.4 Å². The zero-order chi connectivity index (χ0) is 30.6. The average Bonchev–Trinajstić information content (AvgIpc) is 3.58. The molecule has 10 nitrogen and oxygen atoms in total. The van der Waals surface area contributed by atoms with E-state index in [-0.39, 0.29) is 48.9 Å². The van der Waals surface area contributed by atoms with Crippen molar-refractivity contribution in [2.24, 2.45) is 0 Å². The lowest BCUT2D eigenvalue weighted by atomic mass is 10.0. The standard InChI is InChI=1S/C30H36FN3O7S/c1-19(2)28-27(30(39)33-15-6-9-25(33)42(40,41)24-7-4-3-5-8-24)32-29(20-10-12-21(31)13-11-20)34(28)16-14-22(35)17-23(36)18-26(37)38/h3-5,7-8,10-13,19,22-23,25,35-36H,6,9,14-18H2,1-2H3,(H,37,38)/t22-,23-,25?/m1/s1. The van der Waals surface area contributed by atoms with Crippen molar-refractivity contribution < 1.29 is 37.7 Å². The van der Waals surface area contributed by atoms with Crippen molar-refractivity contribution in [2.75, 3.05) is 6.54 Å². The minimum Gasteiger partial charge on any atom is -0.481 e. The summed E-state index contributed by atoms with van der Waals surface area (Å²) < 4.78 is 42.6. The third kappa shape index (κ3) is 6.88. The Bertz CT molecular complexity index is 1510. The predicted molar refractivity (Wildman–Crippen MR) is 153 cm³/mol. The number of aromatic nitrogens is 2. The average molecular weight is 602 g/mol. The number of likely N-dealkylation sites (tertiary alicyclic amines) is 1. The zero-order valence-corrected chi connectivity index (χ0v) is 24.4. The molecule has 0 aliphatic carbocycles. The summed E-state index contributed by atoms with van der Waals surface area (Å²) in [6, 6.07) is 13.6. The molecule has 1 aliphatic rings. The van der Waals surface area contributed by atoms with Gasteiger partial charge in [0, 0.05) is 18.7 Å². The van der Waals surface area contributed by atoms with Crippen LogP contribution < -0.4 is 0 Å². The molecule has 1 amide bonds. The van der Waals surface area contributed by atoms with E-state index in [0.29, 0.717) is 23.5 Å². The highest BCUT2D eigenvalue weighted by Crippen LogP contribution is 2.33. The third-order valence-corrected chi connectivity index (χ3v) is 9.52. The van der Waals surface area contributed by atoms with Gasteiger partial charge >= 0.3 is 5.97 Å². The lowest BCUT2D eigenvalue weighted by Crippen LogP contribution is -2.41. The maximum atomic E-state index is 14.1. The van der Waals surface area contributed by atoms with Crippen molar-refractivity contribution in [3.05, 3.63) is 71.8 Å². The number of benzene rings is 2. The Hall–Kier alpha value is -3.61. The number of hydrogen-bond donors (Lipinski definition) is 3. The number of carboxylic acids is 1. The number of halogens is 1. The van der Waals surface area contributed by atoms with Gasteiger partial charge in [-0.25, -0.2) is 17.8 Å². The summed E-state index contributed by atoms with van der Waals surface area (Å²) in [6.07, 6.45) is -2.00. The van der Waals surface area contributed by atoms with Gasteiger partial charge in [-0.2, -0.15) is 0 Å². The van der Waals surface area contributed by atoms with Crippen LogP contribution in [0.5, 0.6) is 0 Å². The number of aliphatic hydroxyl groups excluding tert-OH is 2. The number of nitrogens with zero attached hydrogens (tertiary/aromatic N) is 3. The van der Waals surface area contributed by atoms with E-state index in [1.165, 1.54) is 41.3 Å². The van der Waals surface area contributed by atoms with E-state index >= 15 is 0 Å². The SMILES string of the molecule is CC(C)c1c(C(=O)N2CCCC2S(=O)(=O)c2ccccc2)nc(-c2ccc(F)cc2)n1CC[C@@H](O)C[C@@H](O)CC(=O)O. The molecule has 0 bridgehead atoms. The fourth-order valence-corrected chi connectivity index (χ4v) is 7.31. The Morgan fingerprint density at radius 2 is 1.71 bits per heavy atom. The Kier molecular flexibility index (Phi) is 9.80.